The first-order valence-corrected chi connectivity index (χ1v) is 9.33. The number of hydrogen-bond acceptors (Lipinski definition) is 3. The molecule has 0 bridgehead atoms. The fourth-order valence-electron chi connectivity index (χ4n) is 3.30. The molecule has 1 N–H and O–H groups in total. The van der Waals surface area contributed by atoms with Crippen LogP contribution in [-0.4, -0.2) is 32.5 Å². The summed E-state index contributed by atoms with van der Waals surface area (Å²) in [5.74, 6) is 0. The summed E-state index contributed by atoms with van der Waals surface area (Å²) < 4.78 is 23.2. The van der Waals surface area contributed by atoms with E-state index in [0.717, 1.165) is 32.2 Å². The topological polar surface area (TPSA) is 46.2 Å². The minimum absolute atomic E-state index is 0.106. The van der Waals surface area contributed by atoms with Gasteiger partial charge in [-0.3, -0.25) is 0 Å². The van der Waals surface area contributed by atoms with E-state index in [2.05, 4.69) is 12.2 Å². The lowest BCUT2D eigenvalue weighted by molar-refractivity contribution is 0.328. The van der Waals surface area contributed by atoms with Gasteiger partial charge in [-0.15, -0.1) is 0 Å². The average Bonchev–Trinajstić information content (AvgIpc) is 3.07. The van der Waals surface area contributed by atoms with Gasteiger partial charge >= 0.3 is 0 Å². The Labute approximate surface area is 112 Å². The zero-order valence-electron chi connectivity index (χ0n) is 11.7. The molecule has 2 aliphatic rings. The van der Waals surface area contributed by atoms with Crippen molar-refractivity contribution in [1.82, 2.24) is 5.32 Å². The molecule has 0 heterocycles. The first-order valence-electron chi connectivity index (χ1n) is 7.37. The Kier molecular flexibility index (Phi) is 4.37. The second-order valence-electron chi connectivity index (χ2n) is 6.45. The van der Waals surface area contributed by atoms with Crippen molar-refractivity contribution < 1.29 is 8.42 Å². The molecule has 0 aromatic rings. The van der Waals surface area contributed by atoms with Crippen molar-refractivity contribution in [3.8, 4) is 0 Å². The standard InChI is InChI=1S/C14H27NO2S/c1-3-7-14(8-9-14)11-15-12-5-4-6-13(10-12)18(2,16)17/h12-13,15H,3-11H2,1-2H3. The first kappa shape index (κ1) is 14.3. The molecule has 0 saturated heterocycles. The number of rotatable bonds is 6. The van der Waals surface area contributed by atoms with Crippen molar-refractivity contribution in [1.29, 1.82) is 0 Å². The monoisotopic (exact) mass is 273 g/mol. The second kappa shape index (κ2) is 5.49. The van der Waals surface area contributed by atoms with E-state index in [9.17, 15) is 8.42 Å². The average molecular weight is 273 g/mol. The number of sulfone groups is 1. The maximum Gasteiger partial charge on any atom is 0.150 e. The van der Waals surface area contributed by atoms with Crippen LogP contribution in [0.3, 0.4) is 0 Å². The van der Waals surface area contributed by atoms with Gasteiger partial charge < -0.3 is 5.32 Å². The van der Waals surface area contributed by atoms with Gasteiger partial charge in [-0.2, -0.15) is 0 Å². The van der Waals surface area contributed by atoms with Crippen LogP contribution < -0.4 is 5.32 Å². The Balaban J connectivity index is 1.80. The zero-order valence-corrected chi connectivity index (χ0v) is 12.6. The SMILES string of the molecule is CCCC1(CNC2CCCC(S(C)(=O)=O)C2)CC1. The fourth-order valence-corrected chi connectivity index (χ4v) is 4.48. The van der Waals surface area contributed by atoms with E-state index in [4.69, 9.17) is 0 Å². The summed E-state index contributed by atoms with van der Waals surface area (Å²) in [5, 5.41) is 3.54. The Morgan fingerprint density at radius 2 is 2.00 bits per heavy atom. The van der Waals surface area contributed by atoms with Crippen molar-refractivity contribution in [2.75, 3.05) is 12.8 Å². The maximum absolute atomic E-state index is 11.6. The Morgan fingerprint density at radius 3 is 2.56 bits per heavy atom. The highest BCUT2D eigenvalue weighted by atomic mass is 32.2. The third kappa shape index (κ3) is 3.70. The summed E-state index contributed by atoms with van der Waals surface area (Å²) >= 11 is 0. The van der Waals surface area contributed by atoms with Gasteiger partial charge in [0.2, 0.25) is 0 Å². The molecule has 18 heavy (non-hydrogen) atoms. The molecule has 0 amide bonds. The van der Waals surface area contributed by atoms with Gasteiger partial charge in [-0.1, -0.05) is 19.8 Å². The molecule has 0 radical (unpaired) electrons. The predicted octanol–water partition coefficient (Wildman–Crippen LogP) is 2.51. The van der Waals surface area contributed by atoms with Gasteiger partial charge in [0.1, 0.15) is 9.84 Å². The summed E-state index contributed by atoms with van der Waals surface area (Å²) in [6.07, 6.45) is 10.6. The summed E-state index contributed by atoms with van der Waals surface area (Å²) in [4.78, 5) is 0. The lowest BCUT2D eigenvalue weighted by Gasteiger charge is -2.30. The fraction of sp³-hybridized carbons (Fsp3) is 1.00. The van der Waals surface area contributed by atoms with Crippen LogP contribution in [0.2, 0.25) is 0 Å². The predicted molar refractivity (Wildman–Crippen MR) is 75.5 cm³/mol. The second-order valence-corrected chi connectivity index (χ2v) is 8.77. The summed E-state index contributed by atoms with van der Waals surface area (Å²) in [6, 6.07) is 0.424. The molecular formula is C14H27NO2S. The third-order valence-corrected chi connectivity index (χ3v) is 6.37. The lowest BCUT2D eigenvalue weighted by Crippen LogP contribution is -2.41. The summed E-state index contributed by atoms with van der Waals surface area (Å²) in [5.41, 5.74) is 0.562. The van der Waals surface area contributed by atoms with Gasteiger partial charge in [-0.05, 0) is 43.9 Å². The largest absolute Gasteiger partial charge is 0.313 e. The van der Waals surface area contributed by atoms with Crippen LogP contribution in [0.15, 0.2) is 0 Å². The summed E-state index contributed by atoms with van der Waals surface area (Å²) in [7, 11) is -2.85. The molecule has 2 rings (SSSR count). The van der Waals surface area contributed by atoms with Crippen LogP contribution >= 0.6 is 0 Å². The van der Waals surface area contributed by atoms with Crippen LogP contribution in [-0.2, 0) is 9.84 Å². The van der Waals surface area contributed by atoms with Crippen LogP contribution in [0.4, 0.5) is 0 Å². The van der Waals surface area contributed by atoms with E-state index >= 15 is 0 Å². The highest BCUT2D eigenvalue weighted by Gasteiger charge is 2.41. The Hall–Kier alpha value is -0.0900. The van der Waals surface area contributed by atoms with Crippen molar-refractivity contribution in [2.45, 2.75) is 69.6 Å². The lowest BCUT2D eigenvalue weighted by atomic mass is 9.93. The number of nitrogens with one attached hydrogen (secondary N) is 1. The van der Waals surface area contributed by atoms with Crippen molar-refractivity contribution in [3.05, 3.63) is 0 Å². The van der Waals surface area contributed by atoms with Gasteiger partial charge in [0.05, 0.1) is 5.25 Å². The number of hydrogen-bond donors (Lipinski definition) is 1. The highest BCUT2D eigenvalue weighted by molar-refractivity contribution is 7.91. The van der Waals surface area contributed by atoms with E-state index in [-0.39, 0.29) is 5.25 Å². The third-order valence-electron chi connectivity index (χ3n) is 4.73. The molecule has 2 aliphatic carbocycles. The van der Waals surface area contributed by atoms with E-state index in [1.807, 2.05) is 0 Å². The van der Waals surface area contributed by atoms with Crippen molar-refractivity contribution in [2.24, 2.45) is 5.41 Å². The maximum atomic E-state index is 11.6. The molecule has 2 fully saturated rings. The molecule has 0 aliphatic heterocycles. The normalized spacial score (nSPS) is 31.2. The van der Waals surface area contributed by atoms with Gasteiger partial charge in [-0.25, -0.2) is 8.42 Å². The zero-order chi connectivity index (χ0) is 13.2. The quantitative estimate of drug-likeness (QED) is 0.809. The molecule has 3 nitrogen and oxygen atoms in total. The van der Waals surface area contributed by atoms with Crippen LogP contribution in [0, 0.1) is 5.41 Å². The van der Waals surface area contributed by atoms with Gasteiger partial charge in [0.15, 0.2) is 0 Å². The van der Waals surface area contributed by atoms with Crippen LogP contribution in [0.25, 0.3) is 0 Å². The summed E-state index contributed by atoms with van der Waals surface area (Å²) in [6.45, 7) is 3.35. The van der Waals surface area contributed by atoms with Crippen molar-refractivity contribution >= 4 is 9.84 Å². The molecule has 2 unspecified atom stereocenters. The van der Waals surface area contributed by atoms with E-state index < -0.39 is 9.84 Å². The minimum atomic E-state index is -2.85. The minimum Gasteiger partial charge on any atom is -0.313 e. The molecular weight excluding hydrogens is 246 g/mol. The molecule has 0 spiro atoms. The van der Waals surface area contributed by atoms with Gasteiger partial charge in [0.25, 0.3) is 0 Å². The van der Waals surface area contributed by atoms with E-state index in [1.165, 1.54) is 31.9 Å². The molecule has 0 aromatic carbocycles. The molecule has 4 heteroatoms. The van der Waals surface area contributed by atoms with Crippen molar-refractivity contribution in [3.63, 3.8) is 0 Å². The Morgan fingerprint density at radius 1 is 1.28 bits per heavy atom. The first-order chi connectivity index (χ1) is 8.45. The molecule has 0 aromatic heterocycles. The highest BCUT2D eigenvalue weighted by Crippen LogP contribution is 2.49. The van der Waals surface area contributed by atoms with E-state index in [0.29, 0.717) is 11.5 Å². The van der Waals surface area contributed by atoms with Gasteiger partial charge in [0, 0.05) is 18.8 Å². The van der Waals surface area contributed by atoms with Crippen LogP contribution in [0.5, 0.6) is 0 Å². The molecule has 2 saturated carbocycles. The van der Waals surface area contributed by atoms with Crippen LogP contribution in [0.1, 0.15) is 58.3 Å². The Bertz CT molecular complexity index is 373. The molecule has 2 atom stereocenters. The smallest absolute Gasteiger partial charge is 0.150 e. The molecule has 106 valence electrons. The van der Waals surface area contributed by atoms with E-state index in [1.54, 1.807) is 0 Å².